The summed E-state index contributed by atoms with van der Waals surface area (Å²) >= 11 is 2.26. The number of hydrogen-bond acceptors (Lipinski definition) is 2. The molecule has 2 aromatic rings. The Labute approximate surface area is 135 Å². The Bertz CT molecular complexity index is 603. The zero-order valence-electron chi connectivity index (χ0n) is 11.1. The van der Waals surface area contributed by atoms with Crippen molar-refractivity contribution in [3.63, 3.8) is 0 Å². The molecule has 104 valence electrons. The summed E-state index contributed by atoms with van der Waals surface area (Å²) in [4.78, 5) is 0. The van der Waals surface area contributed by atoms with Crippen molar-refractivity contribution in [1.82, 2.24) is 0 Å². The van der Waals surface area contributed by atoms with E-state index in [9.17, 15) is 4.21 Å². The Hall–Kier alpha value is -1.14. The van der Waals surface area contributed by atoms with Crippen LogP contribution >= 0.6 is 22.6 Å². The molecule has 20 heavy (non-hydrogen) atoms. The maximum absolute atomic E-state index is 12.0. The van der Waals surface area contributed by atoms with Crippen molar-refractivity contribution in [3.8, 4) is 5.75 Å². The van der Waals surface area contributed by atoms with Crippen LogP contribution in [0.1, 0.15) is 11.1 Å². The molecule has 0 saturated heterocycles. The van der Waals surface area contributed by atoms with E-state index in [4.69, 9.17) is 4.74 Å². The largest absolute Gasteiger partial charge is 0.497 e. The van der Waals surface area contributed by atoms with Gasteiger partial charge in [0.25, 0.3) is 0 Å². The molecular formula is C16H15IO2S. The maximum atomic E-state index is 12.0. The van der Waals surface area contributed by atoms with Crippen molar-refractivity contribution in [2.24, 2.45) is 0 Å². The summed E-state index contributed by atoms with van der Waals surface area (Å²) in [6.45, 7) is 0. The van der Waals surface area contributed by atoms with Gasteiger partial charge in [0.2, 0.25) is 0 Å². The second-order valence-electron chi connectivity index (χ2n) is 4.23. The van der Waals surface area contributed by atoms with Crippen molar-refractivity contribution >= 4 is 39.5 Å². The molecule has 4 heteroatoms. The van der Waals surface area contributed by atoms with E-state index in [-0.39, 0.29) is 0 Å². The van der Waals surface area contributed by atoms with Crippen molar-refractivity contribution in [3.05, 3.63) is 68.6 Å². The Morgan fingerprint density at radius 1 is 1.10 bits per heavy atom. The van der Waals surface area contributed by atoms with Crippen LogP contribution in [0.2, 0.25) is 0 Å². The lowest BCUT2D eigenvalue weighted by Gasteiger charge is -2.01. The monoisotopic (exact) mass is 398 g/mol. The first kappa shape index (κ1) is 15.3. The van der Waals surface area contributed by atoms with Gasteiger partial charge in [-0.25, -0.2) is 0 Å². The molecule has 0 aromatic heterocycles. The van der Waals surface area contributed by atoms with Crippen LogP contribution in [0.4, 0.5) is 0 Å². The molecule has 0 aliphatic rings. The molecule has 0 heterocycles. The molecule has 0 amide bonds. The zero-order chi connectivity index (χ0) is 14.4. The summed E-state index contributed by atoms with van der Waals surface area (Å²) in [5.41, 5.74) is 2.10. The zero-order valence-corrected chi connectivity index (χ0v) is 14.1. The lowest BCUT2D eigenvalue weighted by atomic mass is 10.2. The summed E-state index contributed by atoms with van der Waals surface area (Å²) in [7, 11) is 0.627. The fourth-order valence-corrected chi connectivity index (χ4v) is 2.95. The number of methoxy groups -OCH3 is 1. The first-order valence-corrected chi connectivity index (χ1v) is 8.57. The maximum Gasteiger partial charge on any atom is 0.118 e. The lowest BCUT2D eigenvalue weighted by molar-refractivity contribution is 0.414. The molecular weight excluding hydrogens is 383 g/mol. The van der Waals surface area contributed by atoms with Gasteiger partial charge >= 0.3 is 0 Å². The SMILES string of the molecule is COc1ccc(CS(=O)/C=C/c2ccc(I)cc2)cc1. The molecule has 0 aliphatic carbocycles. The molecule has 2 nitrogen and oxygen atoms in total. The fourth-order valence-electron chi connectivity index (χ4n) is 1.66. The first-order chi connectivity index (χ1) is 9.67. The van der Waals surface area contributed by atoms with Gasteiger partial charge in [0.05, 0.1) is 23.7 Å². The van der Waals surface area contributed by atoms with Gasteiger partial charge in [-0.2, -0.15) is 0 Å². The van der Waals surface area contributed by atoms with Gasteiger partial charge in [-0.15, -0.1) is 0 Å². The lowest BCUT2D eigenvalue weighted by Crippen LogP contribution is -1.92. The molecule has 1 atom stereocenters. The minimum atomic E-state index is -1.01. The predicted molar refractivity (Wildman–Crippen MR) is 93.0 cm³/mol. The Balaban J connectivity index is 1.96. The van der Waals surface area contributed by atoms with Crippen LogP contribution in [0.3, 0.4) is 0 Å². The van der Waals surface area contributed by atoms with E-state index in [1.54, 1.807) is 12.5 Å². The summed E-state index contributed by atoms with van der Waals surface area (Å²) in [6, 6.07) is 15.8. The second kappa shape index (κ2) is 7.59. The highest BCUT2D eigenvalue weighted by Gasteiger charge is 1.99. The Morgan fingerprint density at radius 2 is 1.75 bits per heavy atom. The van der Waals surface area contributed by atoms with Gasteiger partial charge in [0.1, 0.15) is 5.75 Å². The van der Waals surface area contributed by atoms with Gasteiger partial charge < -0.3 is 4.74 Å². The highest BCUT2D eigenvalue weighted by atomic mass is 127. The molecule has 0 bridgehead atoms. The average molecular weight is 398 g/mol. The number of halogens is 1. The van der Waals surface area contributed by atoms with Crippen LogP contribution in [0.15, 0.2) is 53.9 Å². The molecule has 1 unspecified atom stereocenters. The van der Waals surface area contributed by atoms with E-state index < -0.39 is 10.8 Å². The van der Waals surface area contributed by atoms with Gasteiger partial charge in [-0.1, -0.05) is 24.3 Å². The highest BCUT2D eigenvalue weighted by Crippen LogP contribution is 2.14. The van der Waals surface area contributed by atoms with Gasteiger partial charge in [0.15, 0.2) is 0 Å². The van der Waals surface area contributed by atoms with Crippen LogP contribution in [0.5, 0.6) is 5.75 Å². The fraction of sp³-hybridized carbons (Fsp3) is 0.125. The van der Waals surface area contributed by atoms with Crippen LogP contribution in [0.25, 0.3) is 6.08 Å². The van der Waals surface area contributed by atoms with Crippen LogP contribution in [-0.4, -0.2) is 11.3 Å². The van der Waals surface area contributed by atoms with Crippen molar-refractivity contribution < 1.29 is 8.95 Å². The molecule has 0 aliphatic heterocycles. The van der Waals surface area contributed by atoms with E-state index in [2.05, 4.69) is 22.6 Å². The van der Waals surface area contributed by atoms with E-state index in [0.29, 0.717) is 5.75 Å². The molecule has 0 fully saturated rings. The number of rotatable bonds is 5. The average Bonchev–Trinajstić information content (AvgIpc) is 2.47. The minimum absolute atomic E-state index is 0.519. The highest BCUT2D eigenvalue weighted by molar-refractivity contribution is 14.1. The molecule has 2 rings (SSSR count). The predicted octanol–water partition coefficient (Wildman–Crippen LogP) is 4.22. The Morgan fingerprint density at radius 3 is 2.35 bits per heavy atom. The first-order valence-electron chi connectivity index (χ1n) is 6.11. The molecule has 0 spiro atoms. The van der Waals surface area contributed by atoms with Gasteiger partial charge in [-0.05, 0) is 64.1 Å². The second-order valence-corrected chi connectivity index (χ2v) is 6.80. The van der Waals surface area contributed by atoms with Crippen LogP contribution < -0.4 is 4.74 Å². The van der Waals surface area contributed by atoms with E-state index in [0.717, 1.165) is 16.9 Å². The molecule has 0 saturated carbocycles. The summed E-state index contributed by atoms with van der Waals surface area (Å²) in [5, 5.41) is 1.74. The number of benzene rings is 2. The number of hydrogen-bond donors (Lipinski definition) is 0. The minimum Gasteiger partial charge on any atom is -0.497 e. The van der Waals surface area contributed by atoms with Crippen LogP contribution in [0, 0.1) is 3.57 Å². The molecule has 2 aromatic carbocycles. The third kappa shape index (κ3) is 4.76. The third-order valence-electron chi connectivity index (χ3n) is 2.75. The van der Waals surface area contributed by atoms with Crippen LogP contribution in [-0.2, 0) is 16.6 Å². The quantitative estimate of drug-likeness (QED) is 0.706. The molecule has 0 radical (unpaired) electrons. The van der Waals surface area contributed by atoms with E-state index >= 15 is 0 Å². The summed E-state index contributed by atoms with van der Waals surface area (Å²) < 4.78 is 18.3. The van der Waals surface area contributed by atoms with E-state index in [1.165, 1.54) is 3.57 Å². The van der Waals surface area contributed by atoms with Crippen molar-refractivity contribution in [2.45, 2.75) is 5.75 Å². The van der Waals surface area contributed by atoms with Crippen molar-refractivity contribution in [2.75, 3.05) is 7.11 Å². The summed E-state index contributed by atoms with van der Waals surface area (Å²) in [6.07, 6.45) is 1.90. The van der Waals surface area contributed by atoms with Gasteiger partial charge in [-0.3, -0.25) is 4.21 Å². The Kier molecular flexibility index (Phi) is 5.79. The van der Waals surface area contributed by atoms with E-state index in [1.807, 2.05) is 54.6 Å². The standard InChI is InChI=1S/C16H15IO2S/c1-19-16-8-4-14(5-9-16)12-20(18)11-10-13-2-6-15(17)7-3-13/h2-11H,12H2,1H3/b11-10+. The molecule has 0 N–H and O–H groups in total. The smallest absolute Gasteiger partial charge is 0.118 e. The topological polar surface area (TPSA) is 26.3 Å². The van der Waals surface area contributed by atoms with Gasteiger partial charge in [0, 0.05) is 8.98 Å². The normalized spacial score (nSPS) is 12.5. The van der Waals surface area contributed by atoms with Crippen molar-refractivity contribution in [1.29, 1.82) is 0 Å². The number of ether oxygens (including phenoxy) is 1. The summed E-state index contributed by atoms with van der Waals surface area (Å²) in [5.74, 6) is 1.33. The third-order valence-corrected chi connectivity index (χ3v) is 4.53.